The van der Waals surface area contributed by atoms with E-state index in [-0.39, 0.29) is 49.0 Å². The second kappa shape index (κ2) is 30.8. The Kier molecular flexibility index (Phi) is 24.8. The molecular formula is C58H80N6O10. The molecule has 4 rings (SSSR count). The third-order valence-electron chi connectivity index (χ3n) is 11.8. The molecule has 0 saturated heterocycles. The van der Waals surface area contributed by atoms with Gasteiger partial charge in [-0.05, 0) is 101 Å². The Morgan fingerprint density at radius 1 is 0.378 bits per heavy atom. The first-order valence-corrected chi connectivity index (χ1v) is 26.0. The molecule has 0 aliphatic heterocycles. The summed E-state index contributed by atoms with van der Waals surface area (Å²) in [5, 5.41) is 36.7. The molecule has 0 aliphatic carbocycles. The maximum Gasteiger partial charge on any atom is 0.408 e. The van der Waals surface area contributed by atoms with Crippen LogP contribution < -0.4 is 31.9 Å². The maximum absolute atomic E-state index is 13.8. The highest BCUT2D eigenvalue weighted by atomic mass is 16.6. The van der Waals surface area contributed by atoms with Crippen molar-refractivity contribution < 1.29 is 48.5 Å². The lowest BCUT2D eigenvalue weighted by atomic mass is 10.0. The average Bonchev–Trinajstić information content (AvgIpc) is 3.33. The van der Waals surface area contributed by atoms with Crippen LogP contribution in [0.2, 0.25) is 0 Å². The maximum atomic E-state index is 13.8. The van der Waals surface area contributed by atoms with E-state index in [2.05, 4.69) is 31.9 Å². The van der Waals surface area contributed by atoms with E-state index in [9.17, 15) is 39.0 Å². The van der Waals surface area contributed by atoms with E-state index >= 15 is 0 Å². The van der Waals surface area contributed by atoms with Crippen molar-refractivity contribution in [3.05, 3.63) is 131 Å². The summed E-state index contributed by atoms with van der Waals surface area (Å²) in [5.41, 5.74) is 1.55. The van der Waals surface area contributed by atoms with Gasteiger partial charge < -0.3 is 51.6 Å². The summed E-state index contributed by atoms with van der Waals surface area (Å²) < 4.78 is 10.9. The molecular weight excluding hydrogens is 941 g/mol. The lowest BCUT2D eigenvalue weighted by Crippen LogP contribution is -2.55. The number of hydrogen-bond donors (Lipinski definition) is 8. The van der Waals surface area contributed by atoms with Crippen LogP contribution in [0.25, 0.3) is 0 Å². The lowest BCUT2D eigenvalue weighted by molar-refractivity contribution is -0.130. The number of unbranched alkanes of at least 4 members (excludes halogenated alkanes) is 9. The standard InChI is InChI=1S/C58H80N6O10/c1-57(2,3)73-55(71)63-49(39-43-27-31-45(65)32-28-43)53(69)61-47(37-41-23-17-15-18-24-41)51(67)59-35-21-13-11-9-7-8-10-12-14-22-36-60-52(68)48(38-42-25-19-16-20-26-42)62-54(70)50(64-56(72)74-58(4,5)6)40-44-29-33-46(66)34-30-44/h15-20,23-34,47-50,65-66H,7-14,21-22,35-40H2,1-6H3,(H,59,67)(H,60,68)(H,61,69)(H,62,70)(H,63,71)(H,64,72)/t47-,48-,49-,50-/m0/s1. The average molecular weight is 1020 g/mol. The number of phenols is 2. The highest BCUT2D eigenvalue weighted by Crippen LogP contribution is 2.17. The van der Waals surface area contributed by atoms with E-state index in [1.54, 1.807) is 65.8 Å². The van der Waals surface area contributed by atoms with Crippen molar-refractivity contribution >= 4 is 35.8 Å². The zero-order chi connectivity index (χ0) is 53.9. The monoisotopic (exact) mass is 1020 g/mol. The van der Waals surface area contributed by atoms with Crippen molar-refractivity contribution in [2.45, 2.75) is 167 Å². The number of rotatable bonds is 29. The Balaban J connectivity index is 1.17. The molecule has 0 heterocycles. The topological polar surface area (TPSA) is 234 Å². The number of carbonyl (C=O) groups is 6. The van der Waals surface area contributed by atoms with Crippen LogP contribution in [0.15, 0.2) is 109 Å². The molecule has 74 heavy (non-hydrogen) atoms. The second-order valence-electron chi connectivity index (χ2n) is 20.8. The summed E-state index contributed by atoms with van der Waals surface area (Å²) in [6.45, 7) is 11.3. The lowest BCUT2D eigenvalue weighted by Gasteiger charge is -2.25. The molecule has 0 fully saturated rings. The Labute approximate surface area is 437 Å². The number of carbonyl (C=O) groups excluding carboxylic acids is 6. The highest BCUT2D eigenvalue weighted by molar-refractivity contribution is 5.92. The van der Waals surface area contributed by atoms with Gasteiger partial charge in [0.1, 0.15) is 46.9 Å². The van der Waals surface area contributed by atoms with E-state index in [1.807, 2.05) is 60.7 Å². The van der Waals surface area contributed by atoms with Gasteiger partial charge >= 0.3 is 12.2 Å². The van der Waals surface area contributed by atoms with Gasteiger partial charge in [-0.2, -0.15) is 0 Å². The Hall–Kier alpha value is -7.10. The molecule has 16 heteroatoms. The van der Waals surface area contributed by atoms with Crippen molar-refractivity contribution in [1.29, 1.82) is 0 Å². The van der Waals surface area contributed by atoms with Crippen LogP contribution in [-0.4, -0.2) is 94.5 Å². The zero-order valence-electron chi connectivity index (χ0n) is 44.2. The van der Waals surface area contributed by atoms with Gasteiger partial charge in [0.05, 0.1) is 0 Å². The molecule has 0 radical (unpaired) electrons. The number of phenolic OH excluding ortho intramolecular Hbond substituents is 2. The molecule has 0 unspecified atom stereocenters. The Morgan fingerprint density at radius 2 is 0.649 bits per heavy atom. The van der Waals surface area contributed by atoms with Gasteiger partial charge in [0, 0.05) is 38.8 Å². The first-order chi connectivity index (χ1) is 35.2. The van der Waals surface area contributed by atoms with Crippen molar-refractivity contribution in [3.8, 4) is 11.5 Å². The van der Waals surface area contributed by atoms with Gasteiger partial charge in [0.15, 0.2) is 0 Å². The summed E-state index contributed by atoms with van der Waals surface area (Å²) in [5.74, 6) is -1.56. The van der Waals surface area contributed by atoms with Crippen molar-refractivity contribution in [2.75, 3.05) is 13.1 Å². The third-order valence-corrected chi connectivity index (χ3v) is 11.8. The third kappa shape index (κ3) is 24.5. The number of nitrogens with one attached hydrogen (secondary N) is 6. The molecule has 0 bridgehead atoms. The predicted octanol–water partition coefficient (Wildman–Crippen LogP) is 8.26. The fourth-order valence-corrected chi connectivity index (χ4v) is 8.05. The molecule has 6 amide bonds. The molecule has 4 aromatic carbocycles. The SMILES string of the molecule is CC(C)(C)OC(=O)N[C@@H](Cc1ccc(O)cc1)C(=O)N[C@@H](Cc1ccccc1)C(=O)NCCCCCCCCCCCCNC(=O)[C@H](Cc1ccccc1)NC(=O)[C@H](Cc1ccc(O)cc1)NC(=O)OC(C)(C)C. The minimum atomic E-state index is -1.05. The van der Waals surface area contributed by atoms with Gasteiger partial charge in [-0.15, -0.1) is 0 Å². The van der Waals surface area contributed by atoms with Gasteiger partial charge in [0.2, 0.25) is 23.6 Å². The summed E-state index contributed by atoms with van der Waals surface area (Å²) in [6, 6.07) is 27.6. The van der Waals surface area contributed by atoms with Gasteiger partial charge in [-0.3, -0.25) is 19.2 Å². The van der Waals surface area contributed by atoms with E-state index < -0.39 is 59.4 Å². The van der Waals surface area contributed by atoms with Crippen molar-refractivity contribution in [2.24, 2.45) is 0 Å². The highest BCUT2D eigenvalue weighted by Gasteiger charge is 2.31. The van der Waals surface area contributed by atoms with E-state index in [4.69, 9.17) is 9.47 Å². The number of benzene rings is 4. The molecule has 0 aliphatic rings. The predicted molar refractivity (Wildman–Crippen MR) is 286 cm³/mol. The van der Waals surface area contributed by atoms with Crippen molar-refractivity contribution in [1.82, 2.24) is 31.9 Å². The summed E-state index contributed by atoms with van der Waals surface area (Å²) in [6.07, 6.45) is 9.02. The fourth-order valence-electron chi connectivity index (χ4n) is 8.05. The van der Waals surface area contributed by atoms with Crippen LogP contribution in [0, 0.1) is 0 Å². The molecule has 0 aromatic heterocycles. The summed E-state index contributed by atoms with van der Waals surface area (Å²) in [7, 11) is 0. The molecule has 0 spiro atoms. The zero-order valence-corrected chi connectivity index (χ0v) is 44.2. The first-order valence-electron chi connectivity index (χ1n) is 26.0. The fraction of sp³-hybridized carbons (Fsp3) is 0.483. The summed E-state index contributed by atoms with van der Waals surface area (Å²) in [4.78, 5) is 80.4. The largest absolute Gasteiger partial charge is 0.508 e. The number of hydrogen-bond acceptors (Lipinski definition) is 10. The number of ether oxygens (including phenoxy) is 2. The van der Waals surface area contributed by atoms with Gasteiger partial charge in [0.25, 0.3) is 0 Å². The molecule has 4 atom stereocenters. The Morgan fingerprint density at radius 3 is 0.946 bits per heavy atom. The van der Waals surface area contributed by atoms with Gasteiger partial charge in [-0.1, -0.05) is 136 Å². The van der Waals surface area contributed by atoms with Crippen LogP contribution in [0.5, 0.6) is 11.5 Å². The first kappa shape index (κ1) is 59.5. The minimum absolute atomic E-state index is 0.0739. The molecule has 16 nitrogen and oxygen atoms in total. The van der Waals surface area contributed by atoms with E-state index in [0.717, 1.165) is 75.3 Å². The second-order valence-corrected chi connectivity index (χ2v) is 20.8. The smallest absolute Gasteiger partial charge is 0.408 e. The quantitative estimate of drug-likeness (QED) is 0.0243. The summed E-state index contributed by atoms with van der Waals surface area (Å²) >= 11 is 0. The van der Waals surface area contributed by atoms with Crippen LogP contribution in [-0.2, 0) is 54.3 Å². The van der Waals surface area contributed by atoms with Crippen LogP contribution >= 0.6 is 0 Å². The number of amides is 6. The minimum Gasteiger partial charge on any atom is -0.508 e. The Bertz CT molecular complexity index is 2170. The molecule has 402 valence electrons. The van der Waals surface area contributed by atoms with E-state index in [0.29, 0.717) is 24.2 Å². The van der Waals surface area contributed by atoms with Crippen LogP contribution in [0.3, 0.4) is 0 Å². The van der Waals surface area contributed by atoms with Crippen LogP contribution in [0.1, 0.15) is 128 Å². The van der Waals surface area contributed by atoms with Crippen molar-refractivity contribution in [3.63, 3.8) is 0 Å². The number of aromatic hydroxyl groups is 2. The van der Waals surface area contributed by atoms with E-state index in [1.165, 1.54) is 24.3 Å². The molecule has 4 aromatic rings. The molecule has 0 saturated carbocycles. The normalized spacial score (nSPS) is 13.0. The van der Waals surface area contributed by atoms with Crippen LogP contribution in [0.4, 0.5) is 9.59 Å². The molecule has 8 N–H and O–H groups in total. The number of alkyl carbamates (subject to hydrolysis) is 2. The van der Waals surface area contributed by atoms with Gasteiger partial charge in [-0.25, -0.2) is 9.59 Å².